The summed E-state index contributed by atoms with van der Waals surface area (Å²) in [6, 6.07) is 14.8. The molecule has 0 amide bonds. The van der Waals surface area contributed by atoms with E-state index in [1.165, 1.54) is 4.31 Å². The van der Waals surface area contributed by atoms with E-state index in [1.54, 1.807) is 0 Å². The topological polar surface area (TPSA) is 119 Å². The van der Waals surface area contributed by atoms with Gasteiger partial charge in [0, 0.05) is 42.6 Å². The van der Waals surface area contributed by atoms with Crippen molar-refractivity contribution in [1.29, 1.82) is 0 Å². The number of benzene rings is 2. The first-order valence-electron chi connectivity index (χ1n) is 9.91. The third-order valence-electron chi connectivity index (χ3n) is 5.37. The van der Waals surface area contributed by atoms with Gasteiger partial charge in [-0.3, -0.25) is 0 Å². The molecule has 1 aromatic heterocycles. The van der Waals surface area contributed by atoms with E-state index in [9.17, 15) is 13.5 Å². The van der Waals surface area contributed by atoms with E-state index >= 15 is 0 Å². The molecule has 0 unspecified atom stereocenters. The van der Waals surface area contributed by atoms with Gasteiger partial charge in [0.25, 0.3) is 10.0 Å². The number of nitrogens with one attached hydrogen (secondary N) is 2. The van der Waals surface area contributed by atoms with Gasteiger partial charge in [0.2, 0.25) is 5.94 Å². The highest BCUT2D eigenvalue weighted by Gasteiger charge is 2.30. The van der Waals surface area contributed by atoms with Crippen molar-refractivity contribution in [3.8, 4) is 5.88 Å². The number of sulfonamides is 1. The zero-order valence-corrected chi connectivity index (χ0v) is 17.4. The molecule has 9 nitrogen and oxygen atoms in total. The molecule has 3 aromatic rings. The minimum absolute atomic E-state index is 0.0334. The fourth-order valence-corrected chi connectivity index (χ4v) is 4.93. The lowest BCUT2D eigenvalue weighted by molar-refractivity contribution is 0.183. The molecular formula is C21H21N5O4S. The molecule has 2 aromatic carbocycles. The Morgan fingerprint density at radius 3 is 2.68 bits per heavy atom. The number of aromatic amines is 1. The molecular weight excluding hydrogens is 418 g/mol. The molecule has 160 valence electrons. The highest BCUT2D eigenvalue weighted by molar-refractivity contribution is 7.88. The van der Waals surface area contributed by atoms with Gasteiger partial charge in [-0.05, 0) is 12.1 Å². The molecule has 0 radical (unpaired) electrons. The number of fused-ring (bicyclic) bond motifs is 2. The predicted molar refractivity (Wildman–Crippen MR) is 118 cm³/mol. The maximum Gasteiger partial charge on any atom is 0.252 e. The number of H-pyrrole nitrogens is 1. The van der Waals surface area contributed by atoms with E-state index in [0.29, 0.717) is 54.4 Å². The average molecular weight is 439 g/mol. The molecule has 0 aliphatic carbocycles. The van der Waals surface area contributed by atoms with Crippen molar-refractivity contribution in [1.82, 2.24) is 14.6 Å². The first-order chi connectivity index (χ1) is 15.0. The van der Waals surface area contributed by atoms with E-state index in [2.05, 4.69) is 20.4 Å². The minimum Gasteiger partial charge on any atom is -0.494 e. The molecule has 0 bridgehead atoms. The van der Waals surface area contributed by atoms with Gasteiger partial charge in [0.05, 0.1) is 11.3 Å². The Kier molecular flexibility index (Phi) is 4.97. The Morgan fingerprint density at radius 2 is 1.84 bits per heavy atom. The van der Waals surface area contributed by atoms with Crippen LogP contribution in [-0.4, -0.2) is 66.4 Å². The molecule has 3 N–H and O–H groups in total. The molecule has 0 saturated carbocycles. The summed E-state index contributed by atoms with van der Waals surface area (Å²) >= 11 is 0. The summed E-state index contributed by atoms with van der Waals surface area (Å²) in [7, 11) is -3.60. The lowest BCUT2D eigenvalue weighted by Crippen LogP contribution is -2.47. The van der Waals surface area contributed by atoms with Crippen LogP contribution in [0.15, 0.2) is 58.7 Å². The van der Waals surface area contributed by atoms with Gasteiger partial charge < -0.3 is 20.2 Å². The number of oxime groups is 1. The summed E-state index contributed by atoms with van der Waals surface area (Å²) in [5.41, 5.74) is 3.45. The van der Waals surface area contributed by atoms with Gasteiger partial charge in [0.15, 0.2) is 5.88 Å². The molecule has 5 rings (SSSR count). The van der Waals surface area contributed by atoms with Crippen LogP contribution < -0.4 is 5.32 Å². The molecule has 0 atom stereocenters. The van der Waals surface area contributed by atoms with E-state index in [0.717, 1.165) is 10.9 Å². The molecule has 31 heavy (non-hydrogen) atoms. The van der Waals surface area contributed by atoms with Gasteiger partial charge in [-0.25, -0.2) is 13.4 Å². The minimum atomic E-state index is -3.60. The van der Waals surface area contributed by atoms with E-state index < -0.39 is 16.0 Å². The second-order valence-corrected chi connectivity index (χ2v) is 9.24. The van der Waals surface area contributed by atoms with Gasteiger partial charge >= 0.3 is 0 Å². The normalized spacial score (nSPS) is 18.3. The first kappa shape index (κ1) is 19.7. The molecule has 1 fully saturated rings. The summed E-state index contributed by atoms with van der Waals surface area (Å²) in [5, 5.41) is 18.7. The summed E-state index contributed by atoms with van der Waals surface area (Å²) < 4.78 is 26.5. The fraction of sp³-hybridized carbons (Fsp3) is 0.238. The fourth-order valence-electron chi connectivity index (χ4n) is 3.86. The number of para-hydroxylation sites is 2. The summed E-state index contributed by atoms with van der Waals surface area (Å²) in [6.45, 7) is 2.03. The number of aromatic nitrogens is 1. The van der Waals surface area contributed by atoms with E-state index in [4.69, 9.17) is 4.84 Å². The van der Waals surface area contributed by atoms with Crippen molar-refractivity contribution >= 4 is 38.0 Å². The Bertz CT molecular complexity index is 1310. The van der Waals surface area contributed by atoms with Crippen molar-refractivity contribution in [3.63, 3.8) is 0 Å². The molecule has 10 heteroatoms. The van der Waals surface area contributed by atoms with Gasteiger partial charge in [-0.1, -0.05) is 41.6 Å². The Balaban J connectivity index is 1.49. The number of hydrogen-bond acceptors (Lipinski definition) is 7. The smallest absolute Gasteiger partial charge is 0.252 e. The van der Waals surface area contributed by atoms with Crippen LogP contribution in [0.1, 0.15) is 11.1 Å². The van der Waals surface area contributed by atoms with E-state index in [1.807, 2.05) is 48.5 Å². The Morgan fingerprint density at radius 1 is 1.10 bits per heavy atom. The zero-order valence-electron chi connectivity index (χ0n) is 16.6. The van der Waals surface area contributed by atoms with Crippen molar-refractivity contribution < 1.29 is 18.4 Å². The SMILES string of the molecule is O=S(=O)(CO/N=C1/C(c2c(O)[nH]c3ccccc23)=Nc2ccccc21)N1CCNCC1. The molecule has 2 aliphatic heterocycles. The van der Waals surface area contributed by atoms with Crippen LogP contribution in [0.2, 0.25) is 0 Å². The maximum absolute atomic E-state index is 12.6. The van der Waals surface area contributed by atoms with Crippen LogP contribution in [0.25, 0.3) is 10.9 Å². The predicted octanol–water partition coefficient (Wildman–Crippen LogP) is 1.92. The number of nitrogens with zero attached hydrogens (tertiary/aromatic N) is 3. The lowest BCUT2D eigenvalue weighted by atomic mass is 10.0. The highest BCUT2D eigenvalue weighted by Crippen LogP contribution is 2.35. The number of piperazine rings is 1. The maximum atomic E-state index is 12.6. The number of aliphatic imine (C=N–C) groups is 1. The van der Waals surface area contributed by atoms with E-state index in [-0.39, 0.29) is 5.88 Å². The summed E-state index contributed by atoms with van der Waals surface area (Å²) in [6.07, 6.45) is 0. The van der Waals surface area contributed by atoms with Crippen LogP contribution in [0, 0.1) is 0 Å². The Labute approximate surface area is 179 Å². The van der Waals surface area contributed by atoms with Crippen LogP contribution in [0.3, 0.4) is 0 Å². The summed E-state index contributed by atoms with van der Waals surface area (Å²) in [5.74, 6) is -0.597. The quantitative estimate of drug-likeness (QED) is 0.525. The number of aromatic hydroxyl groups is 1. The van der Waals surface area contributed by atoms with Crippen molar-refractivity contribution in [2.45, 2.75) is 0 Å². The monoisotopic (exact) mass is 439 g/mol. The van der Waals surface area contributed by atoms with Gasteiger partial charge in [0.1, 0.15) is 11.4 Å². The average Bonchev–Trinajstić information content (AvgIpc) is 3.30. The van der Waals surface area contributed by atoms with Crippen molar-refractivity contribution in [2.24, 2.45) is 10.1 Å². The highest BCUT2D eigenvalue weighted by atomic mass is 32.2. The summed E-state index contributed by atoms with van der Waals surface area (Å²) in [4.78, 5) is 12.9. The Hall–Kier alpha value is -3.21. The second-order valence-electron chi connectivity index (χ2n) is 7.32. The molecule has 2 aliphatic rings. The van der Waals surface area contributed by atoms with Crippen molar-refractivity contribution in [2.75, 3.05) is 32.1 Å². The third-order valence-corrected chi connectivity index (χ3v) is 6.92. The first-order valence-corrected chi connectivity index (χ1v) is 11.5. The molecule has 1 saturated heterocycles. The number of hydrogen-bond donors (Lipinski definition) is 3. The largest absolute Gasteiger partial charge is 0.494 e. The lowest BCUT2D eigenvalue weighted by Gasteiger charge is -2.25. The zero-order chi connectivity index (χ0) is 21.4. The van der Waals surface area contributed by atoms with Crippen LogP contribution in [0.4, 0.5) is 5.69 Å². The van der Waals surface area contributed by atoms with Crippen LogP contribution >= 0.6 is 0 Å². The molecule has 0 spiro atoms. The van der Waals surface area contributed by atoms with Crippen LogP contribution in [0.5, 0.6) is 5.88 Å². The number of rotatable bonds is 5. The molecule has 3 heterocycles. The standard InChI is InChI=1S/C21H21N5O4S/c27-21-18(14-5-1-3-7-16(14)24-21)20-19(15-6-2-4-8-17(15)23-20)25-30-13-31(28,29)26-11-9-22-10-12-26/h1-8,22,24,27H,9-13H2/b25-19+. The van der Waals surface area contributed by atoms with Gasteiger partial charge in [-0.2, -0.15) is 4.31 Å². The van der Waals surface area contributed by atoms with Gasteiger partial charge in [-0.15, -0.1) is 0 Å². The third kappa shape index (κ3) is 3.58. The second kappa shape index (κ2) is 7.80. The van der Waals surface area contributed by atoms with Crippen molar-refractivity contribution in [3.05, 3.63) is 59.7 Å². The van der Waals surface area contributed by atoms with Crippen LogP contribution in [-0.2, 0) is 14.9 Å².